The van der Waals surface area contributed by atoms with Gasteiger partial charge in [-0.25, -0.2) is 13.6 Å². The van der Waals surface area contributed by atoms with Crippen molar-refractivity contribution in [2.45, 2.75) is 24.6 Å². The summed E-state index contributed by atoms with van der Waals surface area (Å²) in [6.45, 7) is 1.15. The lowest BCUT2D eigenvalue weighted by molar-refractivity contribution is -0.278. The van der Waals surface area contributed by atoms with Gasteiger partial charge in [-0.2, -0.15) is 13.2 Å². The number of carbonyl (C=O) groups is 1. The van der Waals surface area contributed by atoms with E-state index in [0.717, 1.165) is 13.0 Å². The Morgan fingerprint density at radius 3 is 2.17 bits per heavy atom. The van der Waals surface area contributed by atoms with Crippen molar-refractivity contribution in [1.82, 2.24) is 5.32 Å². The molecule has 2 fully saturated rings. The summed E-state index contributed by atoms with van der Waals surface area (Å²) in [6.07, 6.45) is -5.07. The molecule has 4 nitrogen and oxygen atoms in total. The fourth-order valence-electron chi connectivity index (χ4n) is 1.72. The molecule has 0 radical (unpaired) electrons. The molecule has 2 aliphatic heterocycles. The van der Waals surface area contributed by atoms with Crippen LogP contribution in [0.3, 0.4) is 0 Å². The first-order chi connectivity index (χ1) is 8.14. The summed E-state index contributed by atoms with van der Waals surface area (Å²) in [5.74, 6) is -5.29. The van der Waals surface area contributed by atoms with Crippen LogP contribution in [0.5, 0.6) is 0 Å². The smallest absolute Gasteiger partial charge is 0.475 e. The van der Waals surface area contributed by atoms with Crippen LogP contribution in [0.15, 0.2) is 0 Å². The Bertz CT molecular complexity index is 301. The van der Waals surface area contributed by atoms with Crippen LogP contribution in [0.4, 0.5) is 22.0 Å². The third-order valence-corrected chi connectivity index (χ3v) is 2.64. The molecular weight excluding hydrogens is 265 g/mol. The summed E-state index contributed by atoms with van der Waals surface area (Å²) >= 11 is 0. The average molecular weight is 277 g/mol. The highest BCUT2D eigenvalue weighted by Gasteiger charge is 2.54. The van der Waals surface area contributed by atoms with Gasteiger partial charge in [-0.15, -0.1) is 0 Å². The monoisotopic (exact) mass is 277 g/mol. The Balaban J connectivity index is 0.000000203. The number of hydrogen-bond donors (Lipinski definition) is 2. The molecule has 106 valence electrons. The zero-order valence-corrected chi connectivity index (χ0v) is 9.14. The molecule has 0 aromatic carbocycles. The van der Waals surface area contributed by atoms with Gasteiger partial charge in [0.05, 0.1) is 0 Å². The van der Waals surface area contributed by atoms with Gasteiger partial charge in [-0.3, -0.25) is 0 Å². The Hall–Kier alpha value is -0.960. The molecule has 2 rings (SSSR count). The Morgan fingerprint density at radius 2 is 1.94 bits per heavy atom. The fraction of sp³-hybridized carbons (Fsp3) is 0.889. The largest absolute Gasteiger partial charge is 0.490 e. The van der Waals surface area contributed by atoms with Gasteiger partial charge in [-0.05, 0) is 13.0 Å². The lowest BCUT2D eigenvalue weighted by Gasteiger charge is -2.39. The summed E-state index contributed by atoms with van der Waals surface area (Å²) in [7, 11) is 0. The van der Waals surface area contributed by atoms with E-state index in [4.69, 9.17) is 14.6 Å². The van der Waals surface area contributed by atoms with E-state index in [1.807, 2.05) is 0 Å². The molecular formula is C9H12F5NO3. The quantitative estimate of drug-likeness (QED) is 0.708. The first kappa shape index (κ1) is 15.1. The minimum absolute atomic E-state index is 0.0266. The number of ether oxygens (including phenoxy) is 1. The molecule has 0 bridgehead atoms. The van der Waals surface area contributed by atoms with Crippen LogP contribution in [0.1, 0.15) is 6.42 Å². The molecule has 0 aromatic rings. The number of rotatable bonds is 1. The maximum Gasteiger partial charge on any atom is 0.490 e. The second-order valence-electron chi connectivity index (χ2n) is 4.05. The number of halogens is 5. The third kappa shape index (κ3) is 3.77. The maximum atomic E-state index is 12.7. The second kappa shape index (κ2) is 5.35. The predicted octanol–water partition coefficient (Wildman–Crippen LogP) is 1.26. The van der Waals surface area contributed by atoms with E-state index in [-0.39, 0.29) is 12.5 Å². The Morgan fingerprint density at radius 1 is 1.39 bits per heavy atom. The molecule has 0 amide bonds. The number of nitrogens with one attached hydrogen (secondary N) is 1. The minimum atomic E-state index is -5.08. The van der Waals surface area contributed by atoms with E-state index in [1.54, 1.807) is 0 Å². The van der Waals surface area contributed by atoms with Crippen LogP contribution in [0.25, 0.3) is 0 Å². The van der Waals surface area contributed by atoms with Gasteiger partial charge >= 0.3 is 12.1 Å². The van der Waals surface area contributed by atoms with Crippen LogP contribution in [-0.4, -0.2) is 49.0 Å². The van der Waals surface area contributed by atoms with Gasteiger partial charge in [-0.1, -0.05) is 0 Å². The molecule has 18 heavy (non-hydrogen) atoms. The first-order valence-corrected chi connectivity index (χ1v) is 5.15. The molecule has 2 atom stereocenters. The van der Waals surface area contributed by atoms with Crippen molar-refractivity contribution in [3.05, 3.63) is 0 Å². The van der Waals surface area contributed by atoms with Crippen molar-refractivity contribution in [1.29, 1.82) is 0 Å². The van der Waals surface area contributed by atoms with Gasteiger partial charge in [0.15, 0.2) is 0 Å². The molecule has 9 heteroatoms. The molecule has 2 saturated heterocycles. The summed E-state index contributed by atoms with van der Waals surface area (Å²) in [6, 6.07) is 0. The number of aliphatic carboxylic acids is 1. The van der Waals surface area contributed by atoms with E-state index in [2.05, 4.69) is 5.32 Å². The van der Waals surface area contributed by atoms with Gasteiger partial charge in [0, 0.05) is 12.5 Å². The van der Waals surface area contributed by atoms with Gasteiger partial charge < -0.3 is 15.2 Å². The minimum Gasteiger partial charge on any atom is -0.475 e. The van der Waals surface area contributed by atoms with Gasteiger partial charge in [0.25, 0.3) is 5.92 Å². The van der Waals surface area contributed by atoms with Crippen molar-refractivity contribution in [3.8, 4) is 0 Å². The number of hydrogen-bond acceptors (Lipinski definition) is 3. The van der Waals surface area contributed by atoms with Crippen LogP contribution < -0.4 is 5.32 Å². The Labute approximate surface area is 99.1 Å². The summed E-state index contributed by atoms with van der Waals surface area (Å²) in [5, 5.41) is 10.2. The van der Waals surface area contributed by atoms with Crippen molar-refractivity contribution in [2.75, 3.05) is 19.7 Å². The lowest BCUT2D eigenvalue weighted by Crippen LogP contribution is -2.55. The van der Waals surface area contributed by atoms with Crippen molar-refractivity contribution in [2.24, 2.45) is 5.92 Å². The van der Waals surface area contributed by atoms with Gasteiger partial charge in [0.2, 0.25) is 0 Å². The van der Waals surface area contributed by atoms with Crippen LogP contribution >= 0.6 is 0 Å². The first-order valence-electron chi connectivity index (χ1n) is 5.15. The van der Waals surface area contributed by atoms with Crippen molar-refractivity contribution in [3.63, 3.8) is 0 Å². The van der Waals surface area contributed by atoms with Gasteiger partial charge in [0.1, 0.15) is 12.7 Å². The number of carboxylic acid groups (broad SMARTS) is 1. The zero-order chi connectivity index (χ0) is 14.0. The van der Waals surface area contributed by atoms with E-state index < -0.39 is 24.2 Å². The predicted molar refractivity (Wildman–Crippen MR) is 49.4 cm³/mol. The Kier molecular flexibility index (Phi) is 4.49. The molecule has 0 aromatic heterocycles. The van der Waals surface area contributed by atoms with Crippen LogP contribution in [0, 0.1) is 5.92 Å². The SMILES string of the molecule is FC1(F)COC1C1CCNC1.O=C(O)C(F)(F)F. The topological polar surface area (TPSA) is 58.6 Å². The average Bonchev–Trinajstić information content (AvgIpc) is 2.69. The lowest BCUT2D eigenvalue weighted by atomic mass is 9.93. The summed E-state index contributed by atoms with van der Waals surface area (Å²) in [4.78, 5) is 8.90. The molecule has 0 saturated carbocycles. The molecule has 0 spiro atoms. The van der Waals surface area contributed by atoms with E-state index >= 15 is 0 Å². The van der Waals surface area contributed by atoms with Crippen LogP contribution in [-0.2, 0) is 9.53 Å². The molecule has 2 aliphatic rings. The molecule has 2 heterocycles. The molecule has 0 aliphatic carbocycles. The highest BCUT2D eigenvalue weighted by molar-refractivity contribution is 5.73. The number of alkyl halides is 5. The maximum absolute atomic E-state index is 12.7. The highest BCUT2D eigenvalue weighted by atomic mass is 19.4. The normalized spacial score (nSPS) is 30.1. The zero-order valence-electron chi connectivity index (χ0n) is 9.14. The van der Waals surface area contributed by atoms with Crippen molar-refractivity contribution < 1.29 is 36.6 Å². The second-order valence-corrected chi connectivity index (χ2v) is 4.05. The summed E-state index contributed by atoms with van der Waals surface area (Å²) < 4.78 is 62.0. The van der Waals surface area contributed by atoms with E-state index in [1.165, 1.54) is 0 Å². The van der Waals surface area contributed by atoms with E-state index in [0.29, 0.717) is 6.54 Å². The third-order valence-electron chi connectivity index (χ3n) is 2.64. The van der Waals surface area contributed by atoms with Crippen LogP contribution in [0.2, 0.25) is 0 Å². The van der Waals surface area contributed by atoms with E-state index in [9.17, 15) is 22.0 Å². The number of carboxylic acids is 1. The molecule has 2 N–H and O–H groups in total. The van der Waals surface area contributed by atoms with Crippen molar-refractivity contribution >= 4 is 5.97 Å². The molecule has 2 unspecified atom stereocenters. The fourth-order valence-corrected chi connectivity index (χ4v) is 1.72. The highest BCUT2D eigenvalue weighted by Crippen LogP contribution is 2.38. The summed E-state index contributed by atoms with van der Waals surface area (Å²) in [5.41, 5.74) is 0. The standard InChI is InChI=1S/C7H11F2NO.C2HF3O2/c8-7(9)4-11-6(7)5-1-2-10-3-5;3-2(4,5)1(6)7/h5-6,10H,1-4H2;(H,6,7).